The number of carbonyl (C=O) groups is 1. The molecule has 1 aromatic rings. The maximum Gasteiger partial charge on any atom is 0.326 e. The summed E-state index contributed by atoms with van der Waals surface area (Å²) in [7, 11) is 0. The topological polar surface area (TPSA) is 75.3 Å². The van der Waals surface area contributed by atoms with E-state index >= 15 is 0 Å². The van der Waals surface area contributed by atoms with Crippen molar-refractivity contribution in [1.82, 2.24) is 9.55 Å². The molecule has 0 aliphatic heterocycles. The fraction of sp³-hybridized carbons (Fsp3) is 0.750. The molecule has 0 saturated carbocycles. The van der Waals surface area contributed by atoms with Gasteiger partial charge in [-0.15, -0.1) is 0 Å². The van der Waals surface area contributed by atoms with E-state index in [0.717, 1.165) is 19.3 Å². The first-order valence-corrected chi connectivity index (χ1v) is 8.10. The Balaban J connectivity index is 2.15. The Labute approximate surface area is 127 Å². The van der Waals surface area contributed by atoms with Gasteiger partial charge in [0.05, 0.1) is 12.5 Å². The molecule has 0 saturated heterocycles. The number of aliphatic carboxylic acids is 1. The van der Waals surface area contributed by atoms with E-state index in [0.29, 0.717) is 6.42 Å². The molecule has 5 heteroatoms. The lowest BCUT2D eigenvalue weighted by molar-refractivity contribution is -0.141. The quantitative estimate of drug-likeness (QED) is 0.568. The molecule has 1 rings (SSSR count). The largest absolute Gasteiger partial charge is 0.493 e. The predicted molar refractivity (Wildman–Crippen MR) is 82.4 cm³/mol. The van der Waals surface area contributed by atoms with Crippen molar-refractivity contribution in [2.45, 2.75) is 77.2 Å². The molecule has 120 valence electrons. The minimum atomic E-state index is -0.914. The van der Waals surface area contributed by atoms with Gasteiger partial charge >= 0.3 is 5.97 Å². The Morgan fingerprint density at radius 3 is 2.19 bits per heavy atom. The SMILES string of the molecule is CCCCCCCCCCCC(C(=O)O)n1cncc1O. The average Bonchev–Trinajstić information content (AvgIpc) is 2.87. The van der Waals surface area contributed by atoms with Crippen LogP contribution < -0.4 is 0 Å². The van der Waals surface area contributed by atoms with E-state index in [1.165, 1.54) is 55.6 Å². The van der Waals surface area contributed by atoms with Gasteiger partial charge < -0.3 is 10.2 Å². The van der Waals surface area contributed by atoms with E-state index in [2.05, 4.69) is 11.9 Å². The Morgan fingerprint density at radius 1 is 1.14 bits per heavy atom. The number of unbranched alkanes of at least 4 members (excludes halogenated alkanes) is 8. The van der Waals surface area contributed by atoms with Crippen molar-refractivity contribution < 1.29 is 15.0 Å². The highest BCUT2D eigenvalue weighted by Crippen LogP contribution is 2.22. The monoisotopic (exact) mass is 296 g/mol. The lowest BCUT2D eigenvalue weighted by atomic mass is 10.0. The van der Waals surface area contributed by atoms with Crippen LogP contribution in [0.3, 0.4) is 0 Å². The summed E-state index contributed by atoms with van der Waals surface area (Å²) in [4.78, 5) is 15.0. The zero-order chi connectivity index (χ0) is 15.5. The fourth-order valence-electron chi connectivity index (χ4n) is 2.57. The summed E-state index contributed by atoms with van der Waals surface area (Å²) in [6.45, 7) is 2.22. The molecule has 0 spiro atoms. The third-order valence-electron chi connectivity index (χ3n) is 3.85. The first kappa shape index (κ1) is 17.5. The Morgan fingerprint density at radius 2 is 1.71 bits per heavy atom. The molecule has 0 fully saturated rings. The van der Waals surface area contributed by atoms with Crippen LogP contribution in [0.1, 0.15) is 77.2 Å². The van der Waals surface area contributed by atoms with Crippen molar-refractivity contribution in [2.24, 2.45) is 0 Å². The predicted octanol–water partition coefficient (Wildman–Crippen LogP) is 4.14. The standard InChI is InChI=1S/C16H28N2O3/c1-2-3-4-5-6-7-8-9-10-11-14(16(20)21)18-13-17-12-15(18)19/h12-14,19H,2-11H2,1H3,(H,20,21). The molecule has 0 amide bonds. The van der Waals surface area contributed by atoms with E-state index < -0.39 is 12.0 Å². The van der Waals surface area contributed by atoms with E-state index in [1.54, 1.807) is 0 Å². The Kier molecular flexibility index (Phi) is 8.55. The summed E-state index contributed by atoms with van der Waals surface area (Å²) < 4.78 is 1.33. The number of aromatic nitrogens is 2. The lowest BCUT2D eigenvalue weighted by Gasteiger charge is -2.14. The molecule has 21 heavy (non-hydrogen) atoms. The second kappa shape index (κ2) is 10.2. The number of nitrogens with zero attached hydrogens (tertiary/aromatic N) is 2. The summed E-state index contributed by atoms with van der Waals surface area (Å²) >= 11 is 0. The normalized spacial score (nSPS) is 12.4. The first-order chi connectivity index (χ1) is 10.2. The molecule has 0 bridgehead atoms. The molecule has 1 aromatic heterocycles. The van der Waals surface area contributed by atoms with Gasteiger partial charge in [0, 0.05) is 0 Å². The highest BCUT2D eigenvalue weighted by molar-refractivity contribution is 5.72. The van der Waals surface area contributed by atoms with Crippen LogP contribution in [-0.4, -0.2) is 25.7 Å². The average molecular weight is 296 g/mol. The summed E-state index contributed by atoms with van der Waals surface area (Å²) in [6, 6.07) is -0.711. The van der Waals surface area contributed by atoms with Crippen LogP contribution >= 0.6 is 0 Å². The molecule has 0 radical (unpaired) electrons. The van der Waals surface area contributed by atoms with E-state index in [4.69, 9.17) is 0 Å². The van der Waals surface area contributed by atoms with E-state index in [-0.39, 0.29) is 5.88 Å². The van der Waals surface area contributed by atoms with Crippen LogP contribution in [0.25, 0.3) is 0 Å². The van der Waals surface area contributed by atoms with Crippen molar-refractivity contribution in [3.8, 4) is 5.88 Å². The number of hydrogen-bond acceptors (Lipinski definition) is 3. The van der Waals surface area contributed by atoms with Gasteiger partial charge in [-0.25, -0.2) is 9.78 Å². The minimum Gasteiger partial charge on any atom is -0.493 e. The zero-order valence-corrected chi connectivity index (χ0v) is 13.0. The molecular weight excluding hydrogens is 268 g/mol. The summed E-state index contributed by atoms with van der Waals surface area (Å²) in [5, 5.41) is 18.8. The lowest BCUT2D eigenvalue weighted by Crippen LogP contribution is -2.18. The second-order valence-corrected chi connectivity index (χ2v) is 5.63. The second-order valence-electron chi connectivity index (χ2n) is 5.63. The summed E-state index contributed by atoms with van der Waals surface area (Å²) in [5.41, 5.74) is 0. The number of imidazole rings is 1. The Hall–Kier alpha value is -1.52. The van der Waals surface area contributed by atoms with Gasteiger partial charge in [0.1, 0.15) is 6.04 Å². The highest BCUT2D eigenvalue weighted by atomic mass is 16.4. The molecule has 1 atom stereocenters. The fourth-order valence-corrected chi connectivity index (χ4v) is 2.57. The zero-order valence-electron chi connectivity index (χ0n) is 13.0. The van der Waals surface area contributed by atoms with Crippen molar-refractivity contribution in [3.63, 3.8) is 0 Å². The van der Waals surface area contributed by atoms with Crippen LogP contribution in [0, 0.1) is 0 Å². The smallest absolute Gasteiger partial charge is 0.326 e. The van der Waals surface area contributed by atoms with Gasteiger partial charge in [0.15, 0.2) is 0 Å². The number of rotatable bonds is 12. The minimum absolute atomic E-state index is 0.0849. The van der Waals surface area contributed by atoms with Crippen LogP contribution in [0.4, 0.5) is 0 Å². The maximum absolute atomic E-state index is 11.3. The molecule has 1 heterocycles. The van der Waals surface area contributed by atoms with Crippen molar-refractivity contribution >= 4 is 5.97 Å². The molecule has 0 aromatic carbocycles. The van der Waals surface area contributed by atoms with E-state index in [9.17, 15) is 15.0 Å². The van der Waals surface area contributed by atoms with Crippen molar-refractivity contribution in [1.29, 1.82) is 0 Å². The van der Waals surface area contributed by atoms with Gasteiger partial charge in [0.2, 0.25) is 5.88 Å². The van der Waals surface area contributed by atoms with Crippen LogP contribution in [-0.2, 0) is 4.79 Å². The molecule has 0 aliphatic carbocycles. The van der Waals surface area contributed by atoms with Crippen LogP contribution in [0.15, 0.2) is 12.5 Å². The van der Waals surface area contributed by atoms with Gasteiger partial charge in [0.25, 0.3) is 0 Å². The molecule has 0 aliphatic rings. The molecule has 1 unspecified atom stereocenters. The molecule has 5 nitrogen and oxygen atoms in total. The first-order valence-electron chi connectivity index (χ1n) is 8.10. The molecular formula is C16H28N2O3. The number of hydrogen-bond donors (Lipinski definition) is 2. The van der Waals surface area contributed by atoms with Crippen LogP contribution in [0.2, 0.25) is 0 Å². The third kappa shape index (κ3) is 6.65. The van der Waals surface area contributed by atoms with Gasteiger partial charge in [-0.3, -0.25) is 4.57 Å². The van der Waals surface area contributed by atoms with Gasteiger partial charge in [-0.1, -0.05) is 64.7 Å². The highest BCUT2D eigenvalue weighted by Gasteiger charge is 2.21. The summed E-state index contributed by atoms with van der Waals surface area (Å²) in [6.07, 6.45) is 14.0. The third-order valence-corrected chi connectivity index (χ3v) is 3.85. The number of aromatic hydroxyl groups is 1. The maximum atomic E-state index is 11.3. The number of carboxylic acids is 1. The van der Waals surface area contributed by atoms with Crippen molar-refractivity contribution in [3.05, 3.63) is 12.5 Å². The van der Waals surface area contributed by atoms with Crippen molar-refractivity contribution in [2.75, 3.05) is 0 Å². The number of carboxylic acid groups (broad SMARTS) is 1. The molecule has 2 N–H and O–H groups in total. The van der Waals surface area contributed by atoms with E-state index in [1.807, 2.05) is 0 Å². The van der Waals surface area contributed by atoms with Gasteiger partial charge in [-0.05, 0) is 6.42 Å². The van der Waals surface area contributed by atoms with Gasteiger partial charge in [-0.2, -0.15) is 0 Å². The Bertz CT molecular complexity index is 404. The summed E-state index contributed by atoms with van der Waals surface area (Å²) in [5.74, 6) is -0.999. The van der Waals surface area contributed by atoms with Crippen LogP contribution in [0.5, 0.6) is 5.88 Å².